The lowest BCUT2D eigenvalue weighted by atomic mass is 9.95. The number of hydrogen-bond donors (Lipinski definition) is 1. The molecule has 0 aromatic heterocycles. The highest BCUT2D eigenvalue weighted by molar-refractivity contribution is 6.09. The SMILES string of the molecule is CCN(CC)C(=O)c1ccc2c(c1)N(CC(=O)NC1CCCCCCC1)C(=O)[C@@H]1CCCCN21. The van der Waals surface area contributed by atoms with Crippen LogP contribution < -0.4 is 15.1 Å². The van der Waals surface area contributed by atoms with Gasteiger partial charge in [-0.1, -0.05) is 32.1 Å². The number of carbonyl (C=O) groups excluding carboxylic acids is 3. The summed E-state index contributed by atoms with van der Waals surface area (Å²) in [5.41, 5.74) is 2.21. The number of anilines is 2. The van der Waals surface area contributed by atoms with Crippen LogP contribution in [-0.2, 0) is 9.59 Å². The van der Waals surface area contributed by atoms with Gasteiger partial charge < -0.3 is 15.1 Å². The van der Waals surface area contributed by atoms with Crippen LogP contribution in [0.1, 0.15) is 88.4 Å². The molecule has 0 spiro atoms. The second-order valence-corrected chi connectivity index (χ2v) is 9.92. The molecule has 1 aliphatic carbocycles. The Hall–Kier alpha value is -2.57. The minimum absolute atomic E-state index is 0.00951. The second kappa shape index (κ2) is 11.2. The van der Waals surface area contributed by atoms with Gasteiger partial charge in [-0.2, -0.15) is 0 Å². The van der Waals surface area contributed by atoms with Crippen LogP contribution in [0.15, 0.2) is 18.2 Å². The van der Waals surface area contributed by atoms with Crippen molar-refractivity contribution in [1.82, 2.24) is 10.2 Å². The van der Waals surface area contributed by atoms with Crippen molar-refractivity contribution in [3.8, 4) is 0 Å². The van der Waals surface area contributed by atoms with Crippen molar-refractivity contribution < 1.29 is 14.4 Å². The molecule has 1 aromatic rings. The van der Waals surface area contributed by atoms with E-state index in [-0.39, 0.29) is 36.3 Å². The summed E-state index contributed by atoms with van der Waals surface area (Å²) in [6.45, 7) is 6.03. The zero-order chi connectivity index (χ0) is 24.1. The Morgan fingerprint density at radius 1 is 0.941 bits per heavy atom. The van der Waals surface area contributed by atoms with Crippen LogP contribution in [0.4, 0.5) is 11.4 Å². The fraction of sp³-hybridized carbons (Fsp3) is 0.667. The molecular weight excluding hydrogens is 428 g/mol. The van der Waals surface area contributed by atoms with Crippen molar-refractivity contribution in [2.75, 3.05) is 36.0 Å². The molecule has 3 amide bonds. The van der Waals surface area contributed by atoms with Crippen LogP contribution in [0.3, 0.4) is 0 Å². The molecule has 0 bridgehead atoms. The number of carbonyl (C=O) groups is 3. The zero-order valence-corrected chi connectivity index (χ0v) is 20.9. The van der Waals surface area contributed by atoms with E-state index >= 15 is 0 Å². The number of amides is 3. The van der Waals surface area contributed by atoms with Gasteiger partial charge in [0.2, 0.25) is 11.8 Å². The Bertz CT molecular complexity index is 890. The van der Waals surface area contributed by atoms with Crippen LogP contribution in [0, 0.1) is 0 Å². The number of benzene rings is 1. The first-order valence-electron chi connectivity index (χ1n) is 13.3. The third-order valence-corrected chi connectivity index (χ3v) is 7.70. The van der Waals surface area contributed by atoms with Crippen molar-refractivity contribution in [2.45, 2.75) is 90.1 Å². The molecule has 1 N–H and O–H groups in total. The summed E-state index contributed by atoms with van der Waals surface area (Å²) in [7, 11) is 0. The van der Waals surface area contributed by atoms with Gasteiger partial charge in [0.15, 0.2) is 0 Å². The first-order chi connectivity index (χ1) is 16.5. The maximum Gasteiger partial charge on any atom is 0.253 e. The fourth-order valence-electron chi connectivity index (χ4n) is 5.76. The summed E-state index contributed by atoms with van der Waals surface area (Å²) in [6.07, 6.45) is 10.9. The van der Waals surface area contributed by atoms with Crippen molar-refractivity contribution in [3.63, 3.8) is 0 Å². The highest BCUT2D eigenvalue weighted by Crippen LogP contribution is 2.40. The van der Waals surface area contributed by atoms with E-state index in [9.17, 15) is 14.4 Å². The van der Waals surface area contributed by atoms with Gasteiger partial charge in [-0.25, -0.2) is 0 Å². The predicted octanol–water partition coefficient (Wildman–Crippen LogP) is 4.10. The second-order valence-electron chi connectivity index (χ2n) is 9.92. The average Bonchev–Trinajstić information content (AvgIpc) is 2.83. The minimum atomic E-state index is -0.222. The summed E-state index contributed by atoms with van der Waals surface area (Å²) in [5, 5.41) is 3.21. The van der Waals surface area contributed by atoms with Crippen LogP contribution in [0.25, 0.3) is 0 Å². The Kier molecular flexibility index (Phi) is 8.11. The first-order valence-corrected chi connectivity index (χ1v) is 13.3. The maximum atomic E-state index is 13.6. The van der Waals surface area contributed by atoms with Gasteiger partial charge in [0.1, 0.15) is 12.6 Å². The van der Waals surface area contributed by atoms with Crippen LogP contribution >= 0.6 is 0 Å². The monoisotopic (exact) mass is 468 g/mol. The van der Waals surface area contributed by atoms with Crippen LogP contribution in [0.5, 0.6) is 0 Å². The van der Waals surface area contributed by atoms with Crippen LogP contribution in [-0.4, -0.2) is 60.9 Å². The van der Waals surface area contributed by atoms with E-state index in [2.05, 4.69) is 10.2 Å². The smallest absolute Gasteiger partial charge is 0.253 e. The third-order valence-electron chi connectivity index (χ3n) is 7.70. The molecule has 1 saturated heterocycles. The first kappa shape index (κ1) is 24.6. The third kappa shape index (κ3) is 5.23. The number of fused-ring (bicyclic) bond motifs is 3. The summed E-state index contributed by atoms with van der Waals surface area (Å²) in [4.78, 5) is 45.3. The van der Waals surface area contributed by atoms with Gasteiger partial charge in [0.05, 0.1) is 11.4 Å². The van der Waals surface area contributed by atoms with E-state index < -0.39 is 0 Å². The Morgan fingerprint density at radius 2 is 1.62 bits per heavy atom. The molecule has 0 unspecified atom stereocenters. The van der Waals surface area contributed by atoms with E-state index in [1.807, 2.05) is 32.0 Å². The quantitative estimate of drug-likeness (QED) is 0.682. The lowest BCUT2D eigenvalue weighted by molar-refractivity contribution is -0.125. The van der Waals surface area contributed by atoms with Crippen molar-refractivity contribution >= 4 is 29.1 Å². The molecule has 4 rings (SSSR count). The number of nitrogens with one attached hydrogen (secondary N) is 1. The van der Waals surface area contributed by atoms with Crippen molar-refractivity contribution in [2.24, 2.45) is 0 Å². The number of rotatable bonds is 6. The number of nitrogens with zero attached hydrogens (tertiary/aromatic N) is 3. The summed E-state index contributed by atoms with van der Waals surface area (Å²) in [5.74, 6) is -0.165. The van der Waals surface area contributed by atoms with Gasteiger partial charge in [-0.15, -0.1) is 0 Å². The molecule has 186 valence electrons. The Morgan fingerprint density at radius 3 is 2.32 bits per heavy atom. The van der Waals surface area contributed by atoms with Gasteiger partial charge in [0, 0.05) is 31.2 Å². The van der Waals surface area contributed by atoms with Crippen molar-refractivity contribution in [3.05, 3.63) is 23.8 Å². The fourth-order valence-corrected chi connectivity index (χ4v) is 5.76. The molecule has 34 heavy (non-hydrogen) atoms. The van der Waals surface area contributed by atoms with Gasteiger partial charge >= 0.3 is 0 Å². The molecule has 1 atom stereocenters. The molecule has 0 radical (unpaired) electrons. The Balaban J connectivity index is 1.59. The maximum absolute atomic E-state index is 13.6. The van der Waals surface area contributed by atoms with E-state index in [4.69, 9.17) is 0 Å². The molecule has 7 nitrogen and oxygen atoms in total. The predicted molar refractivity (Wildman–Crippen MR) is 135 cm³/mol. The molecule has 2 fully saturated rings. The van der Waals surface area contributed by atoms with E-state index in [1.54, 1.807) is 9.80 Å². The molecule has 2 heterocycles. The molecule has 1 saturated carbocycles. The zero-order valence-electron chi connectivity index (χ0n) is 20.9. The highest BCUT2D eigenvalue weighted by atomic mass is 16.2. The van der Waals surface area contributed by atoms with Crippen LogP contribution in [0.2, 0.25) is 0 Å². The topological polar surface area (TPSA) is 73.0 Å². The Labute approximate surface area is 203 Å². The lowest BCUT2D eigenvalue weighted by Crippen LogP contribution is -2.57. The average molecular weight is 469 g/mol. The van der Waals surface area contributed by atoms with Gasteiger partial charge in [-0.05, 0) is 64.2 Å². The van der Waals surface area contributed by atoms with E-state index in [0.29, 0.717) is 24.3 Å². The minimum Gasteiger partial charge on any atom is -0.358 e. The lowest BCUT2D eigenvalue weighted by Gasteiger charge is -2.45. The van der Waals surface area contributed by atoms with E-state index in [0.717, 1.165) is 57.2 Å². The van der Waals surface area contributed by atoms with Gasteiger partial charge in [-0.3, -0.25) is 19.3 Å². The summed E-state index contributed by atoms with van der Waals surface area (Å²) >= 11 is 0. The van der Waals surface area contributed by atoms with Crippen molar-refractivity contribution in [1.29, 1.82) is 0 Å². The molecule has 7 heteroatoms. The highest BCUT2D eigenvalue weighted by Gasteiger charge is 2.40. The largest absolute Gasteiger partial charge is 0.358 e. The van der Waals surface area contributed by atoms with Gasteiger partial charge in [0.25, 0.3) is 5.91 Å². The normalized spacial score (nSPS) is 21.2. The number of piperidine rings is 1. The molecule has 1 aromatic carbocycles. The molecule has 2 aliphatic heterocycles. The molecular formula is C27H40N4O3. The molecule has 3 aliphatic rings. The number of hydrogen-bond acceptors (Lipinski definition) is 4. The van der Waals surface area contributed by atoms with E-state index in [1.165, 1.54) is 19.3 Å². The summed E-state index contributed by atoms with van der Waals surface area (Å²) in [6, 6.07) is 5.63. The summed E-state index contributed by atoms with van der Waals surface area (Å²) < 4.78 is 0. The standard InChI is InChI=1S/C27H40N4O3/c1-3-29(4-2)26(33)20-15-16-22-24(18-20)31(27(34)23-14-10-11-17-30(22)23)19-25(32)28-21-12-8-6-5-7-9-13-21/h15-16,18,21,23H,3-14,17,19H2,1-2H3,(H,28,32)/t23-/m0/s1.